The fraction of sp³-hybridized carbons (Fsp3) is 1.00. The molecule has 0 radical (unpaired) electrons. The van der Waals surface area contributed by atoms with Crippen molar-refractivity contribution < 1.29 is 13.5 Å². The van der Waals surface area contributed by atoms with Gasteiger partial charge in [-0.05, 0) is 39.8 Å². The average molecular weight is 264 g/mol. The van der Waals surface area contributed by atoms with Crippen molar-refractivity contribution in [3.8, 4) is 0 Å². The van der Waals surface area contributed by atoms with Crippen molar-refractivity contribution in [3.05, 3.63) is 0 Å². The highest BCUT2D eigenvalue weighted by molar-refractivity contribution is 7.89. The molecule has 1 heterocycles. The first-order valence-electron chi connectivity index (χ1n) is 6.22. The number of aliphatic hydroxyl groups is 1. The third kappa shape index (κ3) is 4.54. The summed E-state index contributed by atoms with van der Waals surface area (Å²) in [6.45, 7) is 1.33. The van der Waals surface area contributed by atoms with Crippen LogP contribution in [-0.4, -0.2) is 68.3 Å². The molecule has 1 rings (SSSR count). The molecule has 0 aromatic heterocycles. The molecule has 102 valence electrons. The molecule has 17 heavy (non-hydrogen) atoms. The molecule has 6 heteroatoms. The van der Waals surface area contributed by atoms with Gasteiger partial charge in [-0.2, -0.15) is 0 Å². The zero-order chi connectivity index (χ0) is 12.9. The summed E-state index contributed by atoms with van der Waals surface area (Å²) in [5, 5.41) is 8.66. The van der Waals surface area contributed by atoms with Gasteiger partial charge in [0.15, 0.2) is 0 Å². The number of aliphatic hydroxyl groups excluding tert-OH is 1. The molecule has 0 saturated carbocycles. The van der Waals surface area contributed by atoms with Crippen molar-refractivity contribution in [2.75, 3.05) is 39.5 Å². The van der Waals surface area contributed by atoms with Crippen LogP contribution in [0.25, 0.3) is 0 Å². The molecule has 0 atom stereocenters. The lowest BCUT2D eigenvalue weighted by molar-refractivity contribution is 0.196. The molecule has 0 aliphatic carbocycles. The van der Waals surface area contributed by atoms with Gasteiger partial charge in [-0.1, -0.05) is 0 Å². The van der Waals surface area contributed by atoms with Gasteiger partial charge >= 0.3 is 0 Å². The Labute approximate surface area is 104 Å². The summed E-state index contributed by atoms with van der Waals surface area (Å²) in [4.78, 5) is 2.16. The molecule has 1 fully saturated rings. The van der Waals surface area contributed by atoms with Crippen molar-refractivity contribution in [2.24, 2.45) is 0 Å². The van der Waals surface area contributed by atoms with Crippen molar-refractivity contribution in [1.82, 2.24) is 9.21 Å². The zero-order valence-corrected chi connectivity index (χ0v) is 11.6. The first-order chi connectivity index (χ1) is 7.97. The number of hydrogen-bond donors (Lipinski definition) is 1. The molecule has 1 aliphatic rings. The number of piperidine rings is 1. The topological polar surface area (TPSA) is 60.9 Å². The van der Waals surface area contributed by atoms with Crippen LogP contribution in [0.1, 0.15) is 25.7 Å². The minimum absolute atomic E-state index is 0.0677. The molecule has 0 aromatic carbocycles. The van der Waals surface area contributed by atoms with Crippen LogP contribution in [-0.2, 0) is 10.0 Å². The van der Waals surface area contributed by atoms with Crippen molar-refractivity contribution >= 4 is 10.0 Å². The highest BCUT2D eigenvalue weighted by Crippen LogP contribution is 2.17. The van der Waals surface area contributed by atoms with Crippen LogP contribution in [0.2, 0.25) is 0 Å². The number of nitrogens with zero attached hydrogens (tertiary/aromatic N) is 2. The van der Waals surface area contributed by atoms with Crippen molar-refractivity contribution in [3.63, 3.8) is 0 Å². The smallest absolute Gasteiger partial charge is 0.214 e. The second-order valence-electron chi connectivity index (χ2n) is 4.84. The van der Waals surface area contributed by atoms with Gasteiger partial charge < -0.3 is 10.0 Å². The first-order valence-corrected chi connectivity index (χ1v) is 7.83. The van der Waals surface area contributed by atoms with Gasteiger partial charge in [-0.25, -0.2) is 12.7 Å². The predicted octanol–water partition coefficient (Wildman–Crippen LogP) is 0.115. The molecule has 1 aliphatic heterocycles. The summed E-state index contributed by atoms with van der Waals surface area (Å²) in [6.07, 6.45) is 2.93. The van der Waals surface area contributed by atoms with Crippen LogP contribution in [0.5, 0.6) is 0 Å². The lowest BCUT2D eigenvalue weighted by Crippen LogP contribution is -2.45. The van der Waals surface area contributed by atoms with E-state index in [0.717, 1.165) is 12.8 Å². The van der Waals surface area contributed by atoms with Gasteiger partial charge in [0.25, 0.3) is 0 Å². The Morgan fingerprint density at radius 2 is 1.82 bits per heavy atom. The fourth-order valence-corrected chi connectivity index (χ4v) is 3.76. The minimum atomic E-state index is -3.10. The van der Waals surface area contributed by atoms with E-state index in [0.29, 0.717) is 32.0 Å². The molecule has 5 nitrogen and oxygen atoms in total. The van der Waals surface area contributed by atoms with E-state index in [1.54, 1.807) is 4.31 Å². The van der Waals surface area contributed by atoms with Gasteiger partial charge in [0.1, 0.15) is 0 Å². The normalized spacial score (nSPS) is 20.0. The Kier molecular flexibility index (Phi) is 5.85. The summed E-state index contributed by atoms with van der Waals surface area (Å²) in [5.41, 5.74) is 0. The monoisotopic (exact) mass is 264 g/mol. The van der Waals surface area contributed by atoms with Gasteiger partial charge in [0.2, 0.25) is 10.0 Å². The van der Waals surface area contributed by atoms with E-state index >= 15 is 0 Å². The highest BCUT2D eigenvalue weighted by atomic mass is 32.2. The Balaban J connectivity index is 2.41. The molecule has 0 unspecified atom stereocenters. The summed E-state index contributed by atoms with van der Waals surface area (Å²) in [6, 6.07) is 0.499. The second-order valence-corrected chi connectivity index (χ2v) is 6.93. The molecule has 0 amide bonds. The zero-order valence-electron chi connectivity index (χ0n) is 10.8. The SMILES string of the molecule is CN(C)C1CCN(S(=O)(=O)CCCCO)CC1. The third-order valence-corrected chi connectivity index (χ3v) is 5.31. The first kappa shape index (κ1) is 14.9. The largest absolute Gasteiger partial charge is 0.396 e. The van der Waals surface area contributed by atoms with Gasteiger partial charge in [-0.15, -0.1) is 0 Å². The summed E-state index contributed by atoms with van der Waals surface area (Å²) in [5.74, 6) is 0.167. The van der Waals surface area contributed by atoms with Gasteiger partial charge in [0.05, 0.1) is 5.75 Å². The van der Waals surface area contributed by atoms with Gasteiger partial charge in [0, 0.05) is 25.7 Å². The Bertz CT molecular complexity index is 309. The minimum Gasteiger partial charge on any atom is -0.396 e. The molecule has 0 bridgehead atoms. The Morgan fingerprint density at radius 3 is 2.29 bits per heavy atom. The van der Waals surface area contributed by atoms with E-state index in [2.05, 4.69) is 4.90 Å². The van der Waals surface area contributed by atoms with E-state index in [4.69, 9.17) is 5.11 Å². The van der Waals surface area contributed by atoms with E-state index < -0.39 is 10.0 Å². The predicted molar refractivity (Wildman–Crippen MR) is 68.4 cm³/mol. The summed E-state index contributed by atoms with van der Waals surface area (Å²) >= 11 is 0. The van der Waals surface area contributed by atoms with Crippen LogP contribution in [0.15, 0.2) is 0 Å². The summed E-state index contributed by atoms with van der Waals surface area (Å²) < 4.78 is 25.5. The standard InChI is InChI=1S/C11H24N2O3S/c1-12(2)11-5-7-13(8-6-11)17(15,16)10-4-3-9-14/h11,14H,3-10H2,1-2H3. The van der Waals surface area contributed by atoms with E-state index in [1.165, 1.54) is 0 Å². The van der Waals surface area contributed by atoms with Crippen LogP contribution in [0.3, 0.4) is 0 Å². The maximum atomic E-state index is 12.0. The lowest BCUT2D eigenvalue weighted by atomic mass is 10.1. The maximum absolute atomic E-state index is 12.0. The van der Waals surface area contributed by atoms with Crippen LogP contribution < -0.4 is 0 Å². The average Bonchev–Trinajstić information content (AvgIpc) is 2.29. The Hall–Kier alpha value is -0.170. The van der Waals surface area contributed by atoms with Crippen molar-refractivity contribution in [2.45, 2.75) is 31.7 Å². The lowest BCUT2D eigenvalue weighted by Gasteiger charge is -2.34. The van der Waals surface area contributed by atoms with Gasteiger partial charge in [-0.3, -0.25) is 0 Å². The van der Waals surface area contributed by atoms with Crippen LogP contribution in [0.4, 0.5) is 0 Å². The van der Waals surface area contributed by atoms with Crippen LogP contribution >= 0.6 is 0 Å². The van der Waals surface area contributed by atoms with Crippen LogP contribution in [0, 0.1) is 0 Å². The second kappa shape index (κ2) is 6.68. The number of rotatable bonds is 6. The number of unbranched alkanes of at least 4 members (excludes halogenated alkanes) is 1. The quantitative estimate of drug-likeness (QED) is 0.692. The fourth-order valence-electron chi connectivity index (χ4n) is 2.16. The number of sulfonamides is 1. The van der Waals surface area contributed by atoms with E-state index in [-0.39, 0.29) is 12.4 Å². The number of hydrogen-bond acceptors (Lipinski definition) is 4. The molecule has 1 N–H and O–H groups in total. The molecular weight excluding hydrogens is 240 g/mol. The molecule has 0 spiro atoms. The summed E-state index contributed by atoms with van der Waals surface area (Å²) in [7, 11) is 0.975. The maximum Gasteiger partial charge on any atom is 0.214 e. The molecule has 0 aromatic rings. The third-order valence-electron chi connectivity index (χ3n) is 3.36. The van der Waals surface area contributed by atoms with E-state index in [1.807, 2.05) is 14.1 Å². The Morgan fingerprint density at radius 1 is 1.24 bits per heavy atom. The molecular formula is C11H24N2O3S. The van der Waals surface area contributed by atoms with E-state index in [9.17, 15) is 8.42 Å². The highest BCUT2D eigenvalue weighted by Gasteiger charge is 2.28. The van der Waals surface area contributed by atoms with Crippen molar-refractivity contribution in [1.29, 1.82) is 0 Å². The molecule has 1 saturated heterocycles.